The fourth-order valence-electron chi connectivity index (χ4n) is 2.87. The number of hydrogen-bond donors (Lipinski definition) is 1. The van der Waals surface area contributed by atoms with Gasteiger partial charge in [0.2, 0.25) is 0 Å². The standard InChI is InChI=1S/C15H19F3N4S.C2H6/c1-10-14(23-15(16,17)18)12-4-3-5-13(22(12)20-10)19-11-6-8-21(2)9-7-11;1-2/h3-5,11,19H,6-9H2,1-2H3;1-2H3. The number of likely N-dealkylation sites (tertiary alicyclic amines) is 1. The number of aromatic nitrogens is 2. The Morgan fingerprint density at radius 3 is 2.44 bits per heavy atom. The van der Waals surface area contributed by atoms with Crippen molar-refractivity contribution in [3.05, 3.63) is 23.9 Å². The fraction of sp³-hybridized carbons (Fsp3) is 0.588. The van der Waals surface area contributed by atoms with Gasteiger partial charge in [0.25, 0.3) is 0 Å². The van der Waals surface area contributed by atoms with Crippen LogP contribution in [0, 0.1) is 6.92 Å². The van der Waals surface area contributed by atoms with E-state index >= 15 is 0 Å². The predicted octanol–water partition coefficient (Wildman–Crippen LogP) is 4.79. The molecule has 1 N–H and O–H groups in total. The summed E-state index contributed by atoms with van der Waals surface area (Å²) < 4.78 is 39.8. The third-order valence-electron chi connectivity index (χ3n) is 4.06. The maximum absolute atomic E-state index is 12.7. The van der Waals surface area contributed by atoms with Crippen LogP contribution >= 0.6 is 11.8 Å². The Balaban J connectivity index is 0.00000109. The van der Waals surface area contributed by atoms with Crippen LogP contribution in [-0.4, -0.2) is 46.2 Å². The summed E-state index contributed by atoms with van der Waals surface area (Å²) in [6, 6.07) is 5.63. The topological polar surface area (TPSA) is 32.6 Å². The van der Waals surface area contributed by atoms with E-state index in [2.05, 4.69) is 22.4 Å². The summed E-state index contributed by atoms with van der Waals surface area (Å²) in [4.78, 5) is 2.44. The molecule has 0 aliphatic carbocycles. The summed E-state index contributed by atoms with van der Waals surface area (Å²) in [5.74, 6) is 0.745. The molecule has 0 spiro atoms. The Kier molecular flexibility index (Phi) is 6.62. The second-order valence-electron chi connectivity index (χ2n) is 5.89. The van der Waals surface area contributed by atoms with Crippen molar-refractivity contribution in [2.24, 2.45) is 0 Å². The summed E-state index contributed by atoms with van der Waals surface area (Å²) >= 11 is -0.0992. The first-order valence-corrected chi connectivity index (χ1v) is 9.34. The molecule has 25 heavy (non-hydrogen) atoms. The molecule has 140 valence electrons. The Morgan fingerprint density at radius 1 is 1.20 bits per heavy atom. The van der Waals surface area contributed by atoms with Crippen LogP contribution in [0.4, 0.5) is 19.0 Å². The number of aryl methyl sites for hydroxylation is 1. The van der Waals surface area contributed by atoms with Gasteiger partial charge < -0.3 is 10.2 Å². The summed E-state index contributed by atoms with van der Waals surface area (Å²) in [5, 5.41) is 7.73. The van der Waals surface area contributed by atoms with Gasteiger partial charge in [0.05, 0.1) is 16.1 Å². The molecule has 2 aromatic heterocycles. The van der Waals surface area contributed by atoms with E-state index in [1.54, 1.807) is 23.6 Å². The number of pyridine rings is 1. The lowest BCUT2D eigenvalue weighted by Gasteiger charge is -2.30. The first-order chi connectivity index (χ1) is 11.8. The molecular weight excluding hydrogens is 349 g/mol. The smallest absolute Gasteiger partial charge is 0.367 e. The SMILES string of the molecule is CC.Cc1nn2c(NC3CCN(C)CC3)cccc2c1SC(F)(F)F. The van der Waals surface area contributed by atoms with Gasteiger partial charge in [-0.15, -0.1) is 0 Å². The maximum atomic E-state index is 12.7. The average molecular weight is 374 g/mol. The normalized spacial score (nSPS) is 16.6. The fourth-order valence-corrected chi connectivity index (χ4v) is 3.55. The van der Waals surface area contributed by atoms with Gasteiger partial charge in [-0.1, -0.05) is 19.9 Å². The van der Waals surface area contributed by atoms with Gasteiger partial charge in [-0.05, 0) is 63.8 Å². The van der Waals surface area contributed by atoms with Gasteiger partial charge in [-0.3, -0.25) is 0 Å². The summed E-state index contributed by atoms with van der Waals surface area (Å²) in [5.41, 5.74) is -3.43. The Labute approximate surface area is 150 Å². The summed E-state index contributed by atoms with van der Waals surface area (Å²) in [6.45, 7) is 7.64. The number of piperidine rings is 1. The van der Waals surface area contributed by atoms with Gasteiger partial charge in [0.15, 0.2) is 0 Å². The van der Waals surface area contributed by atoms with E-state index in [1.165, 1.54) is 0 Å². The van der Waals surface area contributed by atoms with Gasteiger partial charge >= 0.3 is 5.51 Å². The highest BCUT2D eigenvalue weighted by Gasteiger charge is 2.32. The largest absolute Gasteiger partial charge is 0.446 e. The number of rotatable bonds is 3. The number of nitrogens with zero attached hydrogens (tertiary/aromatic N) is 3. The van der Waals surface area contributed by atoms with E-state index in [0.29, 0.717) is 17.3 Å². The van der Waals surface area contributed by atoms with Crippen LogP contribution in [0.3, 0.4) is 0 Å². The molecule has 3 heterocycles. The molecule has 1 aliphatic rings. The minimum atomic E-state index is -4.31. The highest BCUT2D eigenvalue weighted by Crippen LogP contribution is 2.41. The van der Waals surface area contributed by atoms with E-state index in [-0.39, 0.29) is 16.7 Å². The predicted molar refractivity (Wildman–Crippen MR) is 97.3 cm³/mol. The zero-order chi connectivity index (χ0) is 18.6. The molecular formula is C17H25F3N4S. The molecule has 8 heteroatoms. The lowest BCUT2D eigenvalue weighted by Crippen LogP contribution is -2.37. The summed E-state index contributed by atoms with van der Waals surface area (Å²) in [6.07, 6.45) is 2.02. The second kappa shape index (κ2) is 8.31. The van der Waals surface area contributed by atoms with Crippen LogP contribution in [0.2, 0.25) is 0 Å². The molecule has 1 saturated heterocycles. The number of alkyl halides is 3. The number of thioether (sulfide) groups is 1. The van der Waals surface area contributed by atoms with E-state index in [9.17, 15) is 13.2 Å². The monoisotopic (exact) mass is 374 g/mol. The van der Waals surface area contributed by atoms with Crippen molar-refractivity contribution >= 4 is 23.1 Å². The second-order valence-corrected chi connectivity index (χ2v) is 6.97. The molecule has 0 unspecified atom stereocenters. The van der Waals surface area contributed by atoms with E-state index < -0.39 is 5.51 Å². The van der Waals surface area contributed by atoms with Gasteiger partial charge in [0, 0.05) is 6.04 Å². The third-order valence-corrected chi connectivity index (χ3v) is 5.00. The average Bonchev–Trinajstić information content (AvgIpc) is 2.87. The molecule has 1 fully saturated rings. The molecule has 1 aliphatic heterocycles. The van der Waals surface area contributed by atoms with E-state index in [1.807, 2.05) is 19.9 Å². The molecule has 0 atom stereocenters. The van der Waals surface area contributed by atoms with Crippen molar-refractivity contribution in [2.45, 2.75) is 50.1 Å². The minimum Gasteiger partial charge on any atom is -0.367 e. The highest BCUT2D eigenvalue weighted by molar-refractivity contribution is 8.00. The molecule has 0 aromatic carbocycles. The zero-order valence-electron chi connectivity index (χ0n) is 15.0. The summed E-state index contributed by atoms with van der Waals surface area (Å²) in [7, 11) is 2.09. The third kappa shape index (κ3) is 5.04. The number of halogens is 3. The molecule has 2 aromatic rings. The van der Waals surface area contributed by atoms with E-state index in [0.717, 1.165) is 31.7 Å². The molecule has 0 bridgehead atoms. The number of nitrogens with one attached hydrogen (secondary N) is 1. The van der Waals surface area contributed by atoms with Crippen LogP contribution in [0.5, 0.6) is 0 Å². The van der Waals surface area contributed by atoms with E-state index in [4.69, 9.17) is 0 Å². The Bertz CT molecular complexity index is 691. The molecule has 0 amide bonds. The number of hydrogen-bond acceptors (Lipinski definition) is 4. The number of fused-ring (bicyclic) bond motifs is 1. The van der Waals surface area contributed by atoms with Crippen molar-refractivity contribution in [2.75, 3.05) is 25.5 Å². The Morgan fingerprint density at radius 2 is 1.84 bits per heavy atom. The first-order valence-electron chi connectivity index (χ1n) is 8.52. The van der Waals surface area contributed by atoms with Crippen LogP contribution < -0.4 is 5.32 Å². The molecule has 0 radical (unpaired) electrons. The zero-order valence-corrected chi connectivity index (χ0v) is 15.8. The van der Waals surface area contributed by atoms with Crippen LogP contribution in [-0.2, 0) is 0 Å². The van der Waals surface area contributed by atoms with Crippen LogP contribution in [0.25, 0.3) is 5.52 Å². The van der Waals surface area contributed by atoms with Crippen molar-refractivity contribution in [1.29, 1.82) is 0 Å². The molecule has 4 nitrogen and oxygen atoms in total. The van der Waals surface area contributed by atoms with Crippen LogP contribution in [0.1, 0.15) is 32.4 Å². The maximum Gasteiger partial charge on any atom is 0.446 e. The number of anilines is 1. The van der Waals surface area contributed by atoms with Crippen molar-refractivity contribution in [3.63, 3.8) is 0 Å². The minimum absolute atomic E-state index is 0.0992. The highest BCUT2D eigenvalue weighted by atomic mass is 32.2. The quantitative estimate of drug-likeness (QED) is 0.783. The van der Waals surface area contributed by atoms with Gasteiger partial charge in [0.1, 0.15) is 5.82 Å². The van der Waals surface area contributed by atoms with Gasteiger partial charge in [-0.25, -0.2) is 4.52 Å². The molecule has 0 saturated carbocycles. The first kappa shape index (κ1) is 19.9. The van der Waals surface area contributed by atoms with Crippen molar-refractivity contribution < 1.29 is 13.2 Å². The lowest BCUT2D eigenvalue weighted by molar-refractivity contribution is -0.0328. The molecule has 3 rings (SSSR count). The van der Waals surface area contributed by atoms with Crippen LogP contribution in [0.15, 0.2) is 23.1 Å². The van der Waals surface area contributed by atoms with Crippen molar-refractivity contribution in [1.82, 2.24) is 14.5 Å². The lowest BCUT2D eigenvalue weighted by atomic mass is 10.1. The van der Waals surface area contributed by atoms with Gasteiger partial charge in [-0.2, -0.15) is 18.3 Å². The Hall–Kier alpha value is -1.41. The van der Waals surface area contributed by atoms with Crippen molar-refractivity contribution in [3.8, 4) is 0 Å².